The number of rotatable bonds is 9. The van der Waals surface area contributed by atoms with Crippen LogP contribution in [0, 0.1) is 11.6 Å². The second-order valence-electron chi connectivity index (χ2n) is 11.8. The highest BCUT2D eigenvalue weighted by atomic mass is 19.1. The highest BCUT2D eigenvalue weighted by Crippen LogP contribution is 2.30. The van der Waals surface area contributed by atoms with E-state index in [4.69, 9.17) is 11.5 Å². The molecule has 0 atom stereocenters. The molecule has 4 heteroatoms. The summed E-state index contributed by atoms with van der Waals surface area (Å²) in [5, 5.41) is 0. The molecule has 238 valence electrons. The summed E-state index contributed by atoms with van der Waals surface area (Å²) in [4.78, 5) is 0. The molecule has 0 fully saturated rings. The topological polar surface area (TPSA) is 52.0 Å². The van der Waals surface area contributed by atoms with Crippen molar-refractivity contribution in [2.45, 2.75) is 46.1 Å². The van der Waals surface area contributed by atoms with Crippen LogP contribution < -0.4 is 11.5 Å². The van der Waals surface area contributed by atoms with Gasteiger partial charge in [0.15, 0.2) is 0 Å². The minimum Gasteiger partial charge on any atom is -0.399 e. The molecule has 6 aromatic rings. The van der Waals surface area contributed by atoms with Gasteiger partial charge in [0.2, 0.25) is 0 Å². The Balaban J connectivity index is 0.000000185. The molecule has 0 heterocycles. The summed E-state index contributed by atoms with van der Waals surface area (Å²) < 4.78 is 29.1. The van der Waals surface area contributed by atoms with Gasteiger partial charge in [-0.15, -0.1) is 0 Å². The Morgan fingerprint density at radius 1 is 0.426 bits per heavy atom. The molecule has 0 aromatic heterocycles. The van der Waals surface area contributed by atoms with Crippen molar-refractivity contribution in [2.75, 3.05) is 5.73 Å². The number of nitrogens with two attached hydrogens (primary N) is 2. The molecule has 0 saturated carbocycles. The average Bonchev–Trinajstić information content (AvgIpc) is 3.10. The van der Waals surface area contributed by atoms with Crippen molar-refractivity contribution in [3.8, 4) is 44.5 Å². The fourth-order valence-corrected chi connectivity index (χ4v) is 5.65. The Kier molecular flexibility index (Phi) is 11.3. The van der Waals surface area contributed by atoms with Crippen LogP contribution in [0.1, 0.15) is 43.4 Å². The number of benzene rings is 6. The summed E-state index contributed by atoms with van der Waals surface area (Å²) in [5.41, 5.74) is 22.4. The lowest BCUT2D eigenvalue weighted by atomic mass is 9.98. The van der Waals surface area contributed by atoms with Crippen LogP contribution in [-0.4, -0.2) is 0 Å². The molecule has 0 saturated heterocycles. The van der Waals surface area contributed by atoms with Gasteiger partial charge in [0, 0.05) is 23.4 Å². The molecule has 0 spiro atoms. The number of nitrogen functional groups attached to an aromatic ring is 1. The van der Waals surface area contributed by atoms with Gasteiger partial charge in [-0.25, -0.2) is 8.78 Å². The second kappa shape index (κ2) is 16.0. The minimum absolute atomic E-state index is 0.203. The van der Waals surface area contributed by atoms with E-state index in [9.17, 15) is 8.78 Å². The van der Waals surface area contributed by atoms with Crippen LogP contribution in [0.5, 0.6) is 0 Å². The van der Waals surface area contributed by atoms with Crippen molar-refractivity contribution in [1.82, 2.24) is 0 Å². The SMILES string of the molecule is CCCc1ccc(-c2ccc(-c3ccc(CN)cc3)c(F)c2)cc1.CCCc1ccc(-c2ccc(-c3ccc(N)cc3)c(F)c2)cc1. The van der Waals surface area contributed by atoms with E-state index in [-0.39, 0.29) is 11.6 Å². The van der Waals surface area contributed by atoms with Gasteiger partial charge in [-0.05, 0) is 87.2 Å². The smallest absolute Gasteiger partial charge is 0.131 e. The zero-order valence-corrected chi connectivity index (χ0v) is 27.1. The van der Waals surface area contributed by atoms with Crippen molar-refractivity contribution in [3.63, 3.8) is 0 Å². The van der Waals surface area contributed by atoms with Gasteiger partial charge >= 0.3 is 0 Å². The molecule has 0 unspecified atom stereocenters. The zero-order chi connectivity index (χ0) is 33.2. The van der Waals surface area contributed by atoms with E-state index in [0.29, 0.717) is 23.4 Å². The third-order valence-corrected chi connectivity index (χ3v) is 8.31. The van der Waals surface area contributed by atoms with Gasteiger partial charge in [-0.3, -0.25) is 0 Å². The number of anilines is 1. The lowest BCUT2D eigenvalue weighted by Crippen LogP contribution is -1.95. The maximum Gasteiger partial charge on any atom is 0.131 e. The summed E-state index contributed by atoms with van der Waals surface area (Å²) in [6.45, 7) is 4.83. The molecule has 6 aromatic carbocycles. The summed E-state index contributed by atoms with van der Waals surface area (Å²) in [6.07, 6.45) is 4.41. The number of hydrogen-bond donors (Lipinski definition) is 2. The van der Waals surface area contributed by atoms with E-state index >= 15 is 0 Å². The van der Waals surface area contributed by atoms with E-state index < -0.39 is 0 Å². The van der Waals surface area contributed by atoms with Gasteiger partial charge in [0.25, 0.3) is 0 Å². The summed E-state index contributed by atoms with van der Waals surface area (Å²) >= 11 is 0. The first kappa shape index (κ1) is 33.3. The molecule has 0 aliphatic heterocycles. The quantitative estimate of drug-likeness (QED) is 0.157. The minimum atomic E-state index is -0.218. The number of halogens is 2. The molecule has 0 amide bonds. The van der Waals surface area contributed by atoms with E-state index in [1.54, 1.807) is 24.3 Å². The van der Waals surface area contributed by atoms with Crippen LogP contribution in [0.25, 0.3) is 44.5 Å². The maximum atomic E-state index is 14.6. The lowest BCUT2D eigenvalue weighted by molar-refractivity contribution is 0.631. The average molecular weight is 625 g/mol. The standard InChI is InChI=1S/C22H22FN.C21H20FN/c1-2-3-16-4-8-18(9-5-16)20-12-13-21(22(23)14-20)19-10-6-17(15-24)7-11-19;1-2-3-15-4-6-16(7-5-15)18-10-13-20(21(22)14-18)17-8-11-19(23)12-9-17/h4-14H,2-3,15,24H2,1H3;4-14H,2-3,23H2,1H3. The Bertz CT molecular complexity index is 1880. The van der Waals surface area contributed by atoms with Gasteiger partial charge < -0.3 is 11.5 Å². The van der Waals surface area contributed by atoms with Crippen molar-refractivity contribution in [3.05, 3.63) is 162 Å². The summed E-state index contributed by atoms with van der Waals surface area (Å²) in [6, 6.07) is 42.5. The predicted molar refractivity (Wildman–Crippen MR) is 195 cm³/mol. The first-order valence-electron chi connectivity index (χ1n) is 16.3. The zero-order valence-electron chi connectivity index (χ0n) is 27.1. The first-order valence-corrected chi connectivity index (χ1v) is 16.3. The second-order valence-corrected chi connectivity index (χ2v) is 11.8. The van der Waals surface area contributed by atoms with E-state index in [1.807, 2.05) is 60.7 Å². The third-order valence-electron chi connectivity index (χ3n) is 8.31. The summed E-state index contributed by atoms with van der Waals surface area (Å²) in [5.74, 6) is -0.421. The monoisotopic (exact) mass is 624 g/mol. The van der Waals surface area contributed by atoms with Crippen molar-refractivity contribution < 1.29 is 8.78 Å². The largest absolute Gasteiger partial charge is 0.399 e. The Labute approximate surface area is 277 Å². The fraction of sp³-hybridized carbons (Fsp3) is 0.163. The van der Waals surface area contributed by atoms with Crippen LogP contribution in [0.15, 0.2) is 133 Å². The van der Waals surface area contributed by atoms with Gasteiger partial charge in [0.1, 0.15) is 11.6 Å². The summed E-state index contributed by atoms with van der Waals surface area (Å²) in [7, 11) is 0. The normalized spacial score (nSPS) is 10.7. The van der Waals surface area contributed by atoms with Crippen LogP contribution in [-0.2, 0) is 19.4 Å². The molecule has 0 aliphatic rings. The van der Waals surface area contributed by atoms with Crippen molar-refractivity contribution in [1.29, 1.82) is 0 Å². The molecule has 0 radical (unpaired) electrons. The molecule has 0 aliphatic carbocycles. The Morgan fingerprint density at radius 2 is 0.766 bits per heavy atom. The highest BCUT2D eigenvalue weighted by Gasteiger charge is 2.09. The van der Waals surface area contributed by atoms with Crippen LogP contribution >= 0.6 is 0 Å². The maximum absolute atomic E-state index is 14.6. The predicted octanol–water partition coefficient (Wildman–Crippen LogP) is 11.3. The number of aryl methyl sites for hydroxylation is 2. The fourth-order valence-electron chi connectivity index (χ4n) is 5.65. The third kappa shape index (κ3) is 8.60. The Hall–Kier alpha value is -5.06. The van der Waals surface area contributed by atoms with E-state index in [1.165, 1.54) is 11.1 Å². The molecule has 6 rings (SSSR count). The van der Waals surface area contributed by atoms with Crippen LogP contribution in [0.3, 0.4) is 0 Å². The van der Waals surface area contributed by atoms with Crippen LogP contribution in [0.4, 0.5) is 14.5 Å². The molecule has 0 bridgehead atoms. The van der Waals surface area contributed by atoms with E-state index in [2.05, 4.69) is 62.4 Å². The highest BCUT2D eigenvalue weighted by molar-refractivity contribution is 5.73. The van der Waals surface area contributed by atoms with Gasteiger partial charge in [-0.1, -0.05) is 136 Å². The molecular weight excluding hydrogens is 582 g/mol. The van der Waals surface area contributed by atoms with Crippen molar-refractivity contribution >= 4 is 5.69 Å². The van der Waals surface area contributed by atoms with Crippen molar-refractivity contribution in [2.24, 2.45) is 5.73 Å². The first-order chi connectivity index (χ1) is 22.9. The number of hydrogen-bond acceptors (Lipinski definition) is 2. The van der Waals surface area contributed by atoms with Gasteiger partial charge in [-0.2, -0.15) is 0 Å². The molecule has 4 N–H and O–H groups in total. The molecule has 47 heavy (non-hydrogen) atoms. The Morgan fingerprint density at radius 3 is 1.13 bits per heavy atom. The molecule has 2 nitrogen and oxygen atoms in total. The van der Waals surface area contributed by atoms with E-state index in [0.717, 1.165) is 64.6 Å². The lowest BCUT2D eigenvalue weighted by Gasteiger charge is -2.08. The molecular formula is C43H42F2N2. The van der Waals surface area contributed by atoms with Gasteiger partial charge in [0.05, 0.1) is 0 Å². The van der Waals surface area contributed by atoms with Crippen LogP contribution in [0.2, 0.25) is 0 Å².